The molecule has 0 aliphatic carbocycles. The van der Waals surface area contributed by atoms with Gasteiger partial charge in [0.2, 0.25) is 5.91 Å². The van der Waals surface area contributed by atoms with Gasteiger partial charge in [-0.25, -0.2) is 0 Å². The molecular weight excluding hydrogens is 412 g/mol. The van der Waals surface area contributed by atoms with Gasteiger partial charge in [-0.3, -0.25) is 4.79 Å². The number of nitrogens with one attached hydrogen (secondary N) is 1. The van der Waals surface area contributed by atoms with E-state index >= 15 is 0 Å². The Hall–Kier alpha value is -3.57. The van der Waals surface area contributed by atoms with Gasteiger partial charge in [0.05, 0.1) is 14.2 Å². The average Bonchev–Trinajstić information content (AvgIpc) is 2.88. The van der Waals surface area contributed by atoms with Crippen molar-refractivity contribution in [3.05, 3.63) is 83.9 Å². The fourth-order valence-corrected chi connectivity index (χ4v) is 3.79. The molecule has 0 aliphatic heterocycles. The first-order valence-corrected chi connectivity index (χ1v) is 10.9. The molecule has 0 atom stereocenters. The standard InChI is InChI=1S/C15H17NO2.C13H15NO/c1-11(17)16-9-8-13-5-3-4-12-6-7-14(18-2)10-15(12)13;1-15-12-6-5-10-3-2-4-11(7-8-14)13(10)9-12/h3-7,10H,8-9H2,1-2H3,(H,16,17);2-6,9H,7-8,14H2,1H3/i1D3;. The zero-order chi connectivity index (χ0) is 26.1. The number of hydrogen-bond donors (Lipinski definition) is 2. The van der Waals surface area contributed by atoms with Gasteiger partial charge >= 0.3 is 0 Å². The van der Waals surface area contributed by atoms with Gasteiger partial charge in [-0.05, 0) is 76.3 Å². The van der Waals surface area contributed by atoms with Gasteiger partial charge in [0.25, 0.3) is 0 Å². The Morgan fingerprint density at radius 3 is 1.88 bits per heavy atom. The second-order valence-electron chi connectivity index (χ2n) is 7.55. The van der Waals surface area contributed by atoms with Gasteiger partial charge in [0.15, 0.2) is 0 Å². The minimum atomic E-state index is -2.60. The molecule has 33 heavy (non-hydrogen) atoms. The van der Waals surface area contributed by atoms with Gasteiger partial charge in [0, 0.05) is 17.5 Å². The molecule has 4 rings (SSSR count). The molecule has 0 aliphatic rings. The van der Waals surface area contributed by atoms with Crippen LogP contribution < -0.4 is 20.5 Å². The third-order valence-electron chi connectivity index (χ3n) is 5.45. The number of carbonyl (C=O) groups excluding carboxylic acids is 1. The van der Waals surface area contributed by atoms with Crippen molar-refractivity contribution in [1.82, 2.24) is 5.32 Å². The predicted octanol–water partition coefficient (Wildman–Crippen LogP) is 4.88. The van der Waals surface area contributed by atoms with Crippen molar-refractivity contribution < 1.29 is 18.4 Å². The van der Waals surface area contributed by atoms with Gasteiger partial charge in [-0.2, -0.15) is 0 Å². The normalized spacial score (nSPS) is 12.2. The highest BCUT2D eigenvalue weighted by Gasteiger charge is 2.03. The maximum atomic E-state index is 11.3. The van der Waals surface area contributed by atoms with E-state index in [9.17, 15) is 4.79 Å². The lowest BCUT2D eigenvalue weighted by atomic mass is 10.0. The quantitative estimate of drug-likeness (QED) is 0.424. The van der Waals surface area contributed by atoms with Crippen LogP contribution in [0, 0.1) is 0 Å². The van der Waals surface area contributed by atoms with Crippen LogP contribution in [-0.2, 0) is 17.6 Å². The molecule has 172 valence electrons. The van der Waals surface area contributed by atoms with Crippen molar-refractivity contribution >= 4 is 27.5 Å². The third-order valence-corrected chi connectivity index (χ3v) is 5.45. The molecule has 0 saturated heterocycles. The van der Waals surface area contributed by atoms with E-state index in [0.29, 0.717) is 13.0 Å². The lowest BCUT2D eigenvalue weighted by Crippen LogP contribution is -2.22. The van der Waals surface area contributed by atoms with E-state index < -0.39 is 12.8 Å². The van der Waals surface area contributed by atoms with E-state index in [1.54, 1.807) is 14.2 Å². The topological polar surface area (TPSA) is 73.6 Å². The van der Waals surface area contributed by atoms with Crippen LogP contribution in [0.2, 0.25) is 0 Å². The molecule has 0 unspecified atom stereocenters. The SMILES string of the molecule is COc1ccc2cccc(CCN)c2c1.[2H]C([2H])([2H])C(=O)NCCc1cccc2ccc(OC)cc12. The Balaban J connectivity index is 0.000000212. The largest absolute Gasteiger partial charge is 0.497 e. The summed E-state index contributed by atoms with van der Waals surface area (Å²) >= 11 is 0. The summed E-state index contributed by atoms with van der Waals surface area (Å²) in [5.41, 5.74) is 7.92. The third kappa shape index (κ3) is 6.46. The second kappa shape index (κ2) is 11.9. The first-order chi connectivity index (χ1) is 17.3. The second-order valence-corrected chi connectivity index (χ2v) is 7.55. The zero-order valence-corrected chi connectivity index (χ0v) is 19.1. The fraction of sp³-hybridized carbons (Fsp3) is 0.250. The number of ether oxygens (including phenoxy) is 2. The van der Waals surface area contributed by atoms with Gasteiger partial charge in [-0.1, -0.05) is 48.5 Å². The van der Waals surface area contributed by atoms with E-state index in [-0.39, 0.29) is 6.54 Å². The summed E-state index contributed by atoms with van der Waals surface area (Å²) in [5.74, 6) is 0.744. The minimum absolute atomic E-state index is 0.285. The van der Waals surface area contributed by atoms with Crippen LogP contribution in [-0.4, -0.2) is 33.2 Å². The number of nitrogens with two attached hydrogens (primary N) is 1. The summed E-state index contributed by atoms with van der Waals surface area (Å²) in [5, 5.41) is 7.03. The van der Waals surface area contributed by atoms with E-state index in [0.717, 1.165) is 34.3 Å². The number of hydrogen-bond acceptors (Lipinski definition) is 4. The first kappa shape index (κ1) is 20.1. The highest BCUT2D eigenvalue weighted by Crippen LogP contribution is 2.25. The molecule has 0 bridgehead atoms. The van der Waals surface area contributed by atoms with Crippen LogP contribution in [0.3, 0.4) is 0 Å². The summed E-state index contributed by atoms with van der Waals surface area (Å²) in [4.78, 5) is 11.3. The van der Waals surface area contributed by atoms with Crippen LogP contribution in [0.15, 0.2) is 72.8 Å². The monoisotopic (exact) mass is 447 g/mol. The Kier molecular flexibility index (Phi) is 7.23. The Bertz CT molecular complexity index is 1320. The maximum absolute atomic E-state index is 11.3. The number of amides is 1. The summed E-state index contributed by atoms with van der Waals surface area (Å²) in [7, 11) is 3.30. The van der Waals surface area contributed by atoms with Crippen LogP contribution in [0.1, 0.15) is 22.1 Å². The van der Waals surface area contributed by atoms with Crippen molar-refractivity contribution in [3.63, 3.8) is 0 Å². The van der Waals surface area contributed by atoms with E-state index in [1.807, 2.05) is 42.5 Å². The van der Waals surface area contributed by atoms with Crippen molar-refractivity contribution in [2.24, 2.45) is 5.73 Å². The van der Waals surface area contributed by atoms with Crippen molar-refractivity contribution in [2.75, 3.05) is 27.3 Å². The Morgan fingerprint density at radius 1 is 0.848 bits per heavy atom. The number of carbonyl (C=O) groups is 1. The summed E-state index contributed by atoms with van der Waals surface area (Å²) in [6, 6.07) is 24.1. The number of fused-ring (bicyclic) bond motifs is 2. The molecule has 5 nitrogen and oxygen atoms in total. The molecule has 0 aromatic heterocycles. The summed E-state index contributed by atoms with van der Waals surface area (Å²) < 4.78 is 31.5. The first-order valence-electron chi connectivity index (χ1n) is 12.4. The average molecular weight is 448 g/mol. The molecule has 4 aromatic rings. The molecular formula is C28H32N2O3. The van der Waals surface area contributed by atoms with Crippen LogP contribution in [0.5, 0.6) is 11.5 Å². The van der Waals surface area contributed by atoms with E-state index in [4.69, 9.17) is 19.3 Å². The van der Waals surface area contributed by atoms with E-state index in [2.05, 4.69) is 35.6 Å². The van der Waals surface area contributed by atoms with E-state index in [1.165, 1.54) is 16.3 Å². The van der Waals surface area contributed by atoms with Gasteiger partial charge in [0.1, 0.15) is 11.5 Å². The van der Waals surface area contributed by atoms with Gasteiger partial charge in [-0.15, -0.1) is 0 Å². The Labute approximate surface area is 199 Å². The van der Waals surface area contributed by atoms with Crippen molar-refractivity contribution in [2.45, 2.75) is 19.7 Å². The highest BCUT2D eigenvalue weighted by atomic mass is 16.5. The lowest BCUT2D eigenvalue weighted by molar-refractivity contribution is -0.118. The predicted molar refractivity (Wildman–Crippen MR) is 136 cm³/mol. The van der Waals surface area contributed by atoms with Gasteiger partial charge < -0.3 is 20.5 Å². The Morgan fingerprint density at radius 2 is 1.39 bits per heavy atom. The molecule has 0 radical (unpaired) electrons. The molecule has 5 heteroatoms. The van der Waals surface area contributed by atoms with Crippen LogP contribution in [0.4, 0.5) is 0 Å². The molecule has 4 aromatic carbocycles. The molecule has 0 spiro atoms. The van der Waals surface area contributed by atoms with Crippen LogP contribution in [0.25, 0.3) is 21.5 Å². The summed E-state index contributed by atoms with van der Waals surface area (Å²) in [6.07, 6.45) is 1.47. The molecule has 3 N–H and O–H groups in total. The van der Waals surface area contributed by atoms with Crippen LogP contribution >= 0.6 is 0 Å². The smallest absolute Gasteiger partial charge is 0.216 e. The minimum Gasteiger partial charge on any atom is -0.497 e. The molecule has 0 fully saturated rings. The fourth-order valence-electron chi connectivity index (χ4n) is 3.79. The lowest BCUT2D eigenvalue weighted by Gasteiger charge is -2.08. The zero-order valence-electron chi connectivity index (χ0n) is 22.1. The number of benzene rings is 4. The number of rotatable bonds is 7. The number of methoxy groups -OCH3 is 2. The molecule has 0 saturated carbocycles. The van der Waals surface area contributed by atoms with Crippen molar-refractivity contribution in [3.8, 4) is 11.5 Å². The molecule has 1 amide bonds. The highest BCUT2D eigenvalue weighted by molar-refractivity contribution is 5.88. The summed E-state index contributed by atoms with van der Waals surface area (Å²) in [6.45, 7) is -1.63. The maximum Gasteiger partial charge on any atom is 0.216 e. The van der Waals surface area contributed by atoms with Crippen molar-refractivity contribution in [1.29, 1.82) is 0 Å². The molecule has 0 heterocycles.